The van der Waals surface area contributed by atoms with Gasteiger partial charge in [-0.1, -0.05) is 30.3 Å². The number of carbonyl (C=O) groups excluding carboxylic acids is 3. The molecule has 0 spiro atoms. The third-order valence-corrected chi connectivity index (χ3v) is 5.18. The highest BCUT2D eigenvalue weighted by Crippen LogP contribution is 2.33. The highest BCUT2D eigenvalue weighted by Gasteiger charge is 2.51. The van der Waals surface area contributed by atoms with Crippen LogP contribution in [0.2, 0.25) is 0 Å². The molecule has 0 bridgehead atoms. The van der Waals surface area contributed by atoms with Gasteiger partial charge in [0.1, 0.15) is 12.7 Å². The summed E-state index contributed by atoms with van der Waals surface area (Å²) in [4.78, 5) is 60.5. The third kappa shape index (κ3) is 5.98. The van der Waals surface area contributed by atoms with Crippen molar-refractivity contribution in [3.8, 4) is 0 Å². The molecule has 0 aliphatic carbocycles. The van der Waals surface area contributed by atoms with Crippen LogP contribution in [0, 0.1) is 0 Å². The van der Waals surface area contributed by atoms with Crippen LogP contribution in [0.3, 0.4) is 0 Å². The first-order valence-corrected chi connectivity index (χ1v) is 10.7. The summed E-state index contributed by atoms with van der Waals surface area (Å²) >= 11 is 0. The van der Waals surface area contributed by atoms with E-state index >= 15 is 0 Å². The summed E-state index contributed by atoms with van der Waals surface area (Å²) in [5.74, 6) is -1.97. The van der Waals surface area contributed by atoms with Gasteiger partial charge in [-0.15, -0.1) is 0 Å². The van der Waals surface area contributed by atoms with Crippen molar-refractivity contribution in [2.45, 2.75) is 58.3 Å². The number of hydrogen-bond acceptors (Lipinski definition) is 9. The van der Waals surface area contributed by atoms with Crippen molar-refractivity contribution in [1.29, 1.82) is 0 Å². The molecule has 1 fully saturated rings. The van der Waals surface area contributed by atoms with Gasteiger partial charge in [-0.05, 0) is 12.0 Å². The largest absolute Gasteiger partial charge is 0.463 e. The molecule has 4 atom stereocenters. The van der Waals surface area contributed by atoms with Gasteiger partial charge in [-0.25, -0.2) is 4.79 Å². The van der Waals surface area contributed by atoms with E-state index in [0.717, 1.165) is 28.5 Å². The lowest BCUT2D eigenvalue weighted by molar-refractivity contribution is -0.166. The Morgan fingerprint density at radius 2 is 1.56 bits per heavy atom. The van der Waals surface area contributed by atoms with Crippen molar-refractivity contribution >= 4 is 17.9 Å². The summed E-state index contributed by atoms with van der Waals surface area (Å²) in [5, 5.41) is 0. The summed E-state index contributed by atoms with van der Waals surface area (Å²) in [5.41, 5.74) is -0.261. The number of aryl methyl sites for hydroxylation is 1. The van der Waals surface area contributed by atoms with Crippen LogP contribution in [-0.4, -0.2) is 52.0 Å². The fraction of sp³-hybridized carbons (Fsp3) is 0.435. The second kappa shape index (κ2) is 10.9. The van der Waals surface area contributed by atoms with E-state index in [2.05, 4.69) is 0 Å². The zero-order valence-electron chi connectivity index (χ0n) is 19.0. The molecular formula is C23H26N2O9. The molecule has 2 heterocycles. The minimum absolute atomic E-state index is 0.109. The number of carbonyl (C=O) groups is 3. The van der Waals surface area contributed by atoms with Gasteiger partial charge in [0.05, 0.1) is 0 Å². The quantitative estimate of drug-likeness (QED) is 0.398. The molecule has 1 aliphatic heterocycles. The minimum atomic E-state index is -1.23. The molecule has 0 amide bonds. The maximum absolute atomic E-state index is 13.2. The summed E-state index contributed by atoms with van der Waals surface area (Å²) in [6.07, 6.45) is -2.96. The minimum Gasteiger partial charge on any atom is -0.463 e. The van der Waals surface area contributed by atoms with Crippen LogP contribution in [0.5, 0.6) is 0 Å². The molecule has 0 radical (unpaired) electrons. The van der Waals surface area contributed by atoms with Crippen molar-refractivity contribution in [3.63, 3.8) is 0 Å². The lowest BCUT2D eigenvalue weighted by Crippen LogP contribution is -2.45. The molecule has 2 aromatic rings. The molecule has 1 aromatic heterocycles. The van der Waals surface area contributed by atoms with Crippen molar-refractivity contribution < 1.29 is 33.3 Å². The first kappa shape index (κ1) is 24.9. The van der Waals surface area contributed by atoms with Crippen LogP contribution in [-0.2, 0) is 46.3 Å². The predicted octanol–water partition coefficient (Wildman–Crippen LogP) is 0.577. The summed E-state index contributed by atoms with van der Waals surface area (Å²) in [7, 11) is 0. The zero-order valence-corrected chi connectivity index (χ0v) is 19.0. The topological polar surface area (TPSA) is 132 Å². The summed E-state index contributed by atoms with van der Waals surface area (Å²) in [6.45, 7) is 3.33. The number of nitrogens with zero attached hydrogens (tertiary/aromatic N) is 2. The Labute approximate surface area is 194 Å². The Kier molecular flexibility index (Phi) is 8.00. The number of hydrogen-bond donors (Lipinski definition) is 0. The Morgan fingerprint density at radius 1 is 0.912 bits per heavy atom. The molecule has 0 N–H and O–H groups in total. The lowest BCUT2D eigenvalue weighted by atomic mass is 10.1. The van der Waals surface area contributed by atoms with Gasteiger partial charge in [0.15, 0.2) is 18.4 Å². The number of benzene rings is 1. The molecule has 3 rings (SSSR count). The second-order valence-electron chi connectivity index (χ2n) is 7.75. The standard InChI is InChI=1S/C23H26N2O9/c1-14(26)31-13-18-20(32-15(2)27)21(33-16(3)28)22(34-18)25-12-10-19(29)24(23(25)30)11-9-17-7-5-4-6-8-17/h4-8,10,12,18,20-22H,9,11,13H2,1-3H3/t18-,20?,21+,22-/m1/s1. The molecule has 1 saturated heterocycles. The Bertz CT molecular complexity index is 1160. The lowest BCUT2D eigenvalue weighted by Gasteiger charge is -2.24. The average molecular weight is 474 g/mol. The van der Waals surface area contributed by atoms with Crippen molar-refractivity contribution in [2.75, 3.05) is 6.61 Å². The Balaban J connectivity index is 1.96. The molecule has 11 heteroatoms. The van der Waals surface area contributed by atoms with Crippen LogP contribution >= 0.6 is 0 Å². The highest BCUT2D eigenvalue weighted by molar-refractivity contribution is 5.68. The summed E-state index contributed by atoms with van der Waals surface area (Å²) in [6, 6.07) is 10.5. The van der Waals surface area contributed by atoms with Crippen molar-refractivity contribution in [1.82, 2.24) is 9.13 Å². The van der Waals surface area contributed by atoms with Gasteiger partial charge >= 0.3 is 23.6 Å². The summed E-state index contributed by atoms with van der Waals surface area (Å²) < 4.78 is 23.7. The average Bonchev–Trinajstić information content (AvgIpc) is 3.08. The second-order valence-corrected chi connectivity index (χ2v) is 7.75. The SMILES string of the molecule is CC(=O)OC[C@H]1O[C@@H](n2ccc(=O)n(CCc3ccccc3)c2=O)[C@@H](OC(C)=O)C1OC(C)=O. The van der Waals surface area contributed by atoms with E-state index in [0.29, 0.717) is 6.42 Å². The zero-order chi connectivity index (χ0) is 24.8. The molecule has 1 aromatic carbocycles. The molecular weight excluding hydrogens is 448 g/mol. The predicted molar refractivity (Wildman–Crippen MR) is 117 cm³/mol. The Hall–Kier alpha value is -3.73. The smallest absolute Gasteiger partial charge is 0.333 e. The monoisotopic (exact) mass is 474 g/mol. The van der Waals surface area contributed by atoms with E-state index in [1.807, 2.05) is 30.3 Å². The van der Waals surface area contributed by atoms with E-state index in [9.17, 15) is 24.0 Å². The van der Waals surface area contributed by atoms with E-state index < -0.39 is 53.7 Å². The first-order valence-electron chi connectivity index (χ1n) is 10.7. The van der Waals surface area contributed by atoms with Crippen LogP contribution in [0.25, 0.3) is 0 Å². The van der Waals surface area contributed by atoms with Gasteiger partial charge in [-0.2, -0.15) is 0 Å². The van der Waals surface area contributed by atoms with Crippen molar-refractivity contribution in [3.05, 3.63) is 69.0 Å². The maximum atomic E-state index is 13.2. The maximum Gasteiger partial charge on any atom is 0.333 e. The Morgan fingerprint density at radius 3 is 2.18 bits per heavy atom. The third-order valence-electron chi connectivity index (χ3n) is 5.18. The highest BCUT2D eigenvalue weighted by atomic mass is 16.7. The molecule has 34 heavy (non-hydrogen) atoms. The van der Waals surface area contributed by atoms with Gasteiger partial charge in [0, 0.05) is 39.6 Å². The van der Waals surface area contributed by atoms with Crippen LogP contribution in [0.4, 0.5) is 0 Å². The molecule has 11 nitrogen and oxygen atoms in total. The van der Waals surface area contributed by atoms with Crippen LogP contribution in [0.15, 0.2) is 52.2 Å². The number of rotatable bonds is 8. The van der Waals surface area contributed by atoms with Crippen molar-refractivity contribution in [2.24, 2.45) is 0 Å². The fourth-order valence-corrected chi connectivity index (χ4v) is 3.73. The molecule has 1 unspecified atom stereocenters. The number of esters is 3. The van der Waals surface area contributed by atoms with E-state index in [4.69, 9.17) is 18.9 Å². The molecule has 1 aliphatic rings. The normalized spacial score (nSPS) is 21.6. The van der Waals surface area contributed by atoms with Crippen LogP contribution in [0.1, 0.15) is 32.6 Å². The van der Waals surface area contributed by atoms with Crippen LogP contribution < -0.4 is 11.2 Å². The van der Waals surface area contributed by atoms with Gasteiger partial charge in [0.25, 0.3) is 5.56 Å². The van der Waals surface area contributed by atoms with E-state index in [-0.39, 0.29) is 13.2 Å². The first-order chi connectivity index (χ1) is 16.2. The van der Waals surface area contributed by atoms with E-state index in [1.165, 1.54) is 19.2 Å². The van der Waals surface area contributed by atoms with Gasteiger partial charge < -0.3 is 18.9 Å². The molecule has 0 saturated carbocycles. The molecule has 182 valence electrons. The van der Waals surface area contributed by atoms with E-state index in [1.54, 1.807) is 0 Å². The number of ether oxygens (including phenoxy) is 4. The van der Waals surface area contributed by atoms with Gasteiger partial charge in [-0.3, -0.25) is 28.3 Å². The van der Waals surface area contributed by atoms with Gasteiger partial charge in [0.2, 0.25) is 0 Å². The number of aromatic nitrogens is 2. The fourth-order valence-electron chi connectivity index (χ4n) is 3.73.